The van der Waals surface area contributed by atoms with Gasteiger partial charge in [0.05, 0.1) is 22.5 Å². The summed E-state index contributed by atoms with van der Waals surface area (Å²) in [5.41, 5.74) is 5.97. The van der Waals surface area contributed by atoms with Crippen LogP contribution in [-0.2, 0) is 0 Å². The number of phenolic OH excluding ortho intramolecular Hbond substituents is 1. The van der Waals surface area contributed by atoms with Gasteiger partial charge in [0.2, 0.25) is 0 Å². The molecule has 0 amide bonds. The van der Waals surface area contributed by atoms with Crippen LogP contribution in [0.25, 0.3) is 11.4 Å². The molecule has 5 rings (SSSR count). The van der Waals surface area contributed by atoms with Gasteiger partial charge < -0.3 is 5.11 Å². The van der Waals surface area contributed by atoms with Gasteiger partial charge in [0.25, 0.3) is 11.1 Å². The Morgan fingerprint density at radius 3 is 1.53 bits per heavy atom. The number of benzene rings is 3. The van der Waals surface area contributed by atoms with Crippen LogP contribution in [-0.4, -0.2) is 24.7 Å². The van der Waals surface area contributed by atoms with E-state index in [1.807, 2.05) is 82.3 Å². The SMILES string of the molecule is Cc1ccc(-n2[nH]c(C)c(C(c3cccc(O)c3)c3c(C)[nH]n(-c4ccc(C)cc4)c3=O)c2=O)cc1. The molecule has 7 nitrogen and oxygen atoms in total. The highest BCUT2D eigenvalue weighted by Gasteiger charge is 2.31. The normalized spacial score (nSPS) is 11.4. The maximum atomic E-state index is 13.8. The summed E-state index contributed by atoms with van der Waals surface area (Å²) >= 11 is 0. The second kappa shape index (κ2) is 8.92. The Labute approximate surface area is 208 Å². The molecule has 3 aromatic carbocycles. The Balaban J connectivity index is 1.76. The maximum Gasteiger partial charge on any atom is 0.275 e. The summed E-state index contributed by atoms with van der Waals surface area (Å²) in [6.45, 7) is 7.64. The average molecular weight is 481 g/mol. The molecule has 0 saturated heterocycles. The molecule has 182 valence electrons. The first-order chi connectivity index (χ1) is 17.2. The van der Waals surface area contributed by atoms with E-state index < -0.39 is 5.92 Å². The number of aryl methyl sites for hydroxylation is 4. The number of aromatic nitrogens is 4. The molecule has 2 aromatic heterocycles. The molecule has 0 aliphatic carbocycles. The fourth-order valence-corrected chi connectivity index (χ4v) is 4.73. The third kappa shape index (κ3) is 3.98. The van der Waals surface area contributed by atoms with Crippen LogP contribution in [0.5, 0.6) is 5.75 Å². The van der Waals surface area contributed by atoms with E-state index in [4.69, 9.17) is 0 Å². The molecule has 5 aromatic rings. The van der Waals surface area contributed by atoms with Crippen molar-refractivity contribution in [3.05, 3.63) is 133 Å². The lowest BCUT2D eigenvalue weighted by atomic mass is 9.85. The summed E-state index contributed by atoms with van der Waals surface area (Å²) in [4.78, 5) is 27.7. The number of nitrogens with one attached hydrogen (secondary N) is 2. The minimum absolute atomic E-state index is 0.0663. The van der Waals surface area contributed by atoms with Gasteiger partial charge in [0, 0.05) is 17.3 Å². The fourth-order valence-electron chi connectivity index (χ4n) is 4.73. The van der Waals surface area contributed by atoms with Gasteiger partial charge in [-0.3, -0.25) is 19.8 Å². The number of phenols is 1. The number of H-pyrrole nitrogens is 2. The third-order valence-electron chi connectivity index (χ3n) is 6.60. The minimum Gasteiger partial charge on any atom is -0.508 e. The maximum absolute atomic E-state index is 13.8. The largest absolute Gasteiger partial charge is 0.508 e. The predicted octanol–water partition coefficient (Wildman–Crippen LogP) is 4.76. The summed E-state index contributed by atoms with van der Waals surface area (Å²) in [6, 6.07) is 22.0. The van der Waals surface area contributed by atoms with Crippen LogP contribution in [0, 0.1) is 27.7 Å². The molecule has 2 heterocycles. The Morgan fingerprint density at radius 1 is 0.667 bits per heavy atom. The molecule has 0 radical (unpaired) electrons. The molecule has 0 atom stereocenters. The number of hydrogen-bond donors (Lipinski definition) is 3. The first-order valence-electron chi connectivity index (χ1n) is 11.8. The molecule has 0 bridgehead atoms. The van der Waals surface area contributed by atoms with E-state index in [2.05, 4.69) is 10.2 Å². The van der Waals surface area contributed by atoms with Crippen molar-refractivity contribution in [3.8, 4) is 17.1 Å². The molecule has 0 aliphatic heterocycles. The van der Waals surface area contributed by atoms with Gasteiger partial charge in [-0.25, -0.2) is 9.36 Å². The summed E-state index contributed by atoms with van der Waals surface area (Å²) in [6.07, 6.45) is 0. The number of aromatic hydroxyl groups is 1. The van der Waals surface area contributed by atoms with Gasteiger partial charge >= 0.3 is 0 Å². The van der Waals surface area contributed by atoms with Crippen molar-refractivity contribution >= 4 is 0 Å². The van der Waals surface area contributed by atoms with Crippen LogP contribution in [0.15, 0.2) is 82.4 Å². The molecule has 3 N–H and O–H groups in total. The van der Waals surface area contributed by atoms with Crippen molar-refractivity contribution in [1.29, 1.82) is 0 Å². The number of nitrogens with zero attached hydrogens (tertiary/aromatic N) is 2. The van der Waals surface area contributed by atoms with E-state index in [1.54, 1.807) is 18.2 Å². The van der Waals surface area contributed by atoms with Crippen molar-refractivity contribution in [3.63, 3.8) is 0 Å². The second-order valence-corrected chi connectivity index (χ2v) is 9.28. The first-order valence-corrected chi connectivity index (χ1v) is 11.8. The molecule has 0 aliphatic rings. The van der Waals surface area contributed by atoms with Crippen LogP contribution >= 0.6 is 0 Å². The predicted molar refractivity (Wildman–Crippen MR) is 141 cm³/mol. The van der Waals surface area contributed by atoms with E-state index in [-0.39, 0.29) is 16.9 Å². The van der Waals surface area contributed by atoms with Gasteiger partial charge in [-0.15, -0.1) is 0 Å². The van der Waals surface area contributed by atoms with E-state index >= 15 is 0 Å². The van der Waals surface area contributed by atoms with Gasteiger partial charge in [-0.05, 0) is 69.7 Å². The number of hydrogen-bond acceptors (Lipinski definition) is 3. The Bertz CT molecular complexity index is 1560. The fraction of sp³-hybridized carbons (Fsp3) is 0.172. The van der Waals surface area contributed by atoms with E-state index in [9.17, 15) is 14.7 Å². The van der Waals surface area contributed by atoms with Crippen molar-refractivity contribution in [1.82, 2.24) is 19.6 Å². The zero-order chi connectivity index (χ0) is 25.6. The molecule has 0 spiro atoms. The van der Waals surface area contributed by atoms with Gasteiger partial charge in [-0.1, -0.05) is 47.5 Å². The lowest BCUT2D eigenvalue weighted by molar-refractivity contribution is 0.474. The van der Waals surface area contributed by atoms with Crippen molar-refractivity contribution < 1.29 is 5.11 Å². The van der Waals surface area contributed by atoms with E-state index in [1.165, 1.54) is 9.36 Å². The quantitative estimate of drug-likeness (QED) is 0.338. The second-order valence-electron chi connectivity index (χ2n) is 9.28. The van der Waals surface area contributed by atoms with Gasteiger partial charge in [0.15, 0.2) is 0 Å². The molecule has 36 heavy (non-hydrogen) atoms. The summed E-state index contributed by atoms with van der Waals surface area (Å²) < 4.78 is 3.00. The standard InChI is InChI=1S/C29H28N4O3/c1-17-8-12-22(13-9-17)32-28(35)25(19(3)30-32)27(21-6-5-7-24(34)16-21)26-20(4)31-33(29(26)36)23-14-10-18(2)11-15-23/h5-16,27,30-31,34H,1-4H3. The van der Waals surface area contributed by atoms with Crippen LogP contribution < -0.4 is 11.1 Å². The Morgan fingerprint density at radius 2 is 1.11 bits per heavy atom. The van der Waals surface area contributed by atoms with Crippen molar-refractivity contribution in [2.45, 2.75) is 33.6 Å². The molecular formula is C29H28N4O3. The van der Waals surface area contributed by atoms with E-state index in [0.29, 0.717) is 39.5 Å². The summed E-state index contributed by atoms with van der Waals surface area (Å²) in [5.74, 6) is -0.625. The molecule has 7 heteroatoms. The average Bonchev–Trinajstić information content (AvgIpc) is 3.31. The van der Waals surface area contributed by atoms with Crippen molar-refractivity contribution in [2.75, 3.05) is 0 Å². The monoisotopic (exact) mass is 480 g/mol. The Kier molecular flexibility index (Phi) is 5.76. The van der Waals surface area contributed by atoms with E-state index in [0.717, 1.165) is 11.1 Å². The van der Waals surface area contributed by atoms with Crippen LogP contribution in [0.4, 0.5) is 0 Å². The van der Waals surface area contributed by atoms with Crippen molar-refractivity contribution in [2.24, 2.45) is 0 Å². The molecule has 0 unspecified atom stereocenters. The van der Waals surface area contributed by atoms with Crippen LogP contribution in [0.1, 0.15) is 45.1 Å². The smallest absolute Gasteiger partial charge is 0.275 e. The number of aromatic amines is 2. The van der Waals surface area contributed by atoms with Gasteiger partial charge in [-0.2, -0.15) is 0 Å². The summed E-state index contributed by atoms with van der Waals surface area (Å²) in [7, 11) is 0. The minimum atomic E-state index is -0.692. The lowest BCUT2D eigenvalue weighted by Gasteiger charge is -2.16. The lowest BCUT2D eigenvalue weighted by Crippen LogP contribution is -2.25. The molecule has 0 saturated carbocycles. The molecular weight excluding hydrogens is 452 g/mol. The zero-order valence-electron chi connectivity index (χ0n) is 20.7. The van der Waals surface area contributed by atoms with Crippen LogP contribution in [0.2, 0.25) is 0 Å². The number of rotatable bonds is 5. The first kappa shape index (κ1) is 23.2. The van der Waals surface area contributed by atoms with Gasteiger partial charge in [0.1, 0.15) is 5.75 Å². The highest BCUT2D eigenvalue weighted by atomic mass is 16.3. The Hall–Kier alpha value is -4.52. The zero-order valence-corrected chi connectivity index (χ0v) is 20.7. The summed E-state index contributed by atoms with van der Waals surface area (Å²) in [5, 5.41) is 16.6. The highest BCUT2D eigenvalue weighted by Crippen LogP contribution is 2.33. The molecule has 0 fully saturated rings. The highest BCUT2D eigenvalue weighted by molar-refractivity contribution is 5.49. The van der Waals surface area contributed by atoms with Crippen LogP contribution in [0.3, 0.4) is 0 Å². The topological polar surface area (TPSA) is 95.8 Å². The third-order valence-corrected chi connectivity index (χ3v) is 6.60.